The molecule has 0 aromatic heterocycles. The van der Waals surface area contributed by atoms with Crippen LogP contribution >= 0.6 is 0 Å². The largest absolute Gasteiger partial charge is 0.365 e. The number of primary amides is 1. The highest BCUT2D eigenvalue weighted by atomic mass is 16.1. The Labute approximate surface area is 48.0 Å². The summed E-state index contributed by atoms with van der Waals surface area (Å²) in [6, 6.07) is 0. The van der Waals surface area contributed by atoms with Gasteiger partial charge in [0, 0.05) is 0 Å². The van der Waals surface area contributed by atoms with Crippen LogP contribution in [-0.2, 0) is 4.79 Å². The summed E-state index contributed by atoms with van der Waals surface area (Å²) >= 11 is 0. The van der Waals surface area contributed by atoms with Gasteiger partial charge in [0.15, 0.2) is 0 Å². The Morgan fingerprint density at radius 2 is 2.25 bits per heavy atom. The summed E-state index contributed by atoms with van der Waals surface area (Å²) in [5.74, 6) is -0.546. The number of nitrogens with two attached hydrogens (primary N) is 1. The van der Waals surface area contributed by atoms with E-state index in [1.165, 1.54) is 6.08 Å². The molecule has 1 amide bonds. The highest BCUT2D eigenvalue weighted by Gasteiger charge is 1.93. The highest BCUT2D eigenvalue weighted by Crippen LogP contribution is 1.87. The van der Waals surface area contributed by atoms with Gasteiger partial charge in [-0.25, -0.2) is 0 Å². The predicted octanol–water partition coefficient (Wildman–Crippen LogP) is 0.369. The zero-order chi connectivity index (χ0) is 6.57. The van der Waals surface area contributed by atoms with Crippen molar-refractivity contribution in [3.05, 3.63) is 30.5 Å². The number of carbonyl (C=O) groups excluding carboxylic acids is 1. The van der Waals surface area contributed by atoms with Crippen LogP contribution in [-0.4, -0.2) is 5.91 Å². The van der Waals surface area contributed by atoms with E-state index >= 15 is 0 Å². The molecule has 0 aliphatic heterocycles. The summed E-state index contributed by atoms with van der Waals surface area (Å²) in [6.45, 7) is 6.53. The van der Waals surface area contributed by atoms with E-state index in [2.05, 4.69) is 18.9 Å². The molecule has 0 spiro atoms. The van der Waals surface area contributed by atoms with Crippen molar-refractivity contribution in [2.24, 2.45) is 5.73 Å². The molecule has 0 aromatic rings. The first-order valence-electron chi connectivity index (χ1n) is 2.04. The van der Waals surface area contributed by atoms with E-state index in [1.54, 1.807) is 0 Å². The van der Waals surface area contributed by atoms with Gasteiger partial charge in [0.2, 0.25) is 0 Å². The van der Waals surface area contributed by atoms with Crippen LogP contribution in [0.5, 0.6) is 0 Å². The van der Waals surface area contributed by atoms with Crippen molar-refractivity contribution >= 4 is 5.91 Å². The molecule has 8 heavy (non-hydrogen) atoms. The number of carbonyl (C=O) groups is 1. The van der Waals surface area contributed by atoms with Gasteiger partial charge < -0.3 is 5.73 Å². The maximum Gasteiger partial charge on any atom is 0.256 e. The molecule has 42 valence electrons. The van der Waals surface area contributed by atoms with Crippen LogP contribution < -0.4 is 5.73 Å². The van der Waals surface area contributed by atoms with Crippen molar-refractivity contribution in [2.75, 3.05) is 0 Å². The Bertz CT molecular complexity index is 163. The summed E-state index contributed by atoms with van der Waals surface area (Å²) in [5, 5.41) is 0. The van der Waals surface area contributed by atoms with Crippen LogP contribution in [0.2, 0.25) is 0 Å². The average molecular weight is 109 g/mol. The van der Waals surface area contributed by atoms with Gasteiger partial charge >= 0.3 is 0 Å². The third kappa shape index (κ3) is 1.45. The molecule has 0 fully saturated rings. The summed E-state index contributed by atoms with van der Waals surface area (Å²) < 4.78 is 0. The predicted molar refractivity (Wildman–Crippen MR) is 32.0 cm³/mol. The molecule has 0 aliphatic carbocycles. The molecule has 0 radical (unpaired) electrons. The van der Waals surface area contributed by atoms with Crippen LogP contribution in [0, 0.1) is 0 Å². The SMILES string of the molecule is C=C=C(C=C)C(N)=O. The lowest BCUT2D eigenvalue weighted by atomic mass is 10.3. The summed E-state index contributed by atoms with van der Waals surface area (Å²) in [5.41, 5.74) is 7.36. The molecule has 0 unspecified atom stereocenters. The van der Waals surface area contributed by atoms with Crippen molar-refractivity contribution in [3.8, 4) is 0 Å². The smallest absolute Gasteiger partial charge is 0.256 e. The van der Waals surface area contributed by atoms with E-state index < -0.39 is 5.91 Å². The molecule has 2 nitrogen and oxygen atoms in total. The lowest BCUT2D eigenvalue weighted by molar-refractivity contribution is -0.114. The molecule has 0 heterocycles. The first-order chi connectivity index (χ1) is 3.72. The van der Waals surface area contributed by atoms with Gasteiger partial charge in [-0.15, -0.1) is 5.73 Å². The highest BCUT2D eigenvalue weighted by molar-refractivity contribution is 5.94. The maximum atomic E-state index is 10.2. The zero-order valence-electron chi connectivity index (χ0n) is 4.48. The van der Waals surface area contributed by atoms with Crippen molar-refractivity contribution < 1.29 is 4.79 Å². The van der Waals surface area contributed by atoms with Gasteiger partial charge in [0.1, 0.15) is 0 Å². The van der Waals surface area contributed by atoms with E-state index in [1.807, 2.05) is 0 Å². The second-order valence-electron chi connectivity index (χ2n) is 1.16. The van der Waals surface area contributed by atoms with Crippen molar-refractivity contribution in [2.45, 2.75) is 0 Å². The Balaban J connectivity index is 4.37. The number of hydrogen-bond acceptors (Lipinski definition) is 1. The van der Waals surface area contributed by atoms with Gasteiger partial charge in [0.05, 0.1) is 5.57 Å². The Morgan fingerprint density at radius 1 is 1.75 bits per heavy atom. The molecule has 0 atom stereocenters. The van der Waals surface area contributed by atoms with Crippen molar-refractivity contribution in [1.29, 1.82) is 0 Å². The topological polar surface area (TPSA) is 43.1 Å². The number of hydrogen-bond donors (Lipinski definition) is 1. The molecule has 0 rings (SSSR count). The van der Waals surface area contributed by atoms with E-state index in [0.717, 1.165) is 0 Å². The van der Waals surface area contributed by atoms with Gasteiger partial charge in [-0.3, -0.25) is 4.79 Å². The first-order valence-corrected chi connectivity index (χ1v) is 2.04. The van der Waals surface area contributed by atoms with Gasteiger partial charge in [0.25, 0.3) is 5.91 Å². The summed E-state index contributed by atoms with van der Waals surface area (Å²) in [7, 11) is 0. The van der Waals surface area contributed by atoms with E-state index in [9.17, 15) is 4.79 Å². The minimum atomic E-state index is -0.546. The third-order valence-electron chi connectivity index (χ3n) is 0.660. The van der Waals surface area contributed by atoms with Gasteiger partial charge in [-0.1, -0.05) is 13.2 Å². The second kappa shape index (κ2) is 2.83. The van der Waals surface area contributed by atoms with Crippen LogP contribution in [0.4, 0.5) is 0 Å². The quantitative estimate of drug-likeness (QED) is 0.310. The fraction of sp³-hybridized carbons (Fsp3) is 0. The lowest BCUT2D eigenvalue weighted by Crippen LogP contribution is -2.11. The normalized spacial score (nSPS) is 7.00. The molecule has 0 aromatic carbocycles. The summed E-state index contributed by atoms with van der Waals surface area (Å²) in [4.78, 5) is 10.2. The summed E-state index contributed by atoms with van der Waals surface area (Å²) in [6.07, 6.45) is 1.31. The van der Waals surface area contributed by atoms with E-state index in [-0.39, 0.29) is 5.57 Å². The van der Waals surface area contributed by atoms with Crippen LogP contribution in [0.25, 0.3) is 0 Å². The molecule has 0 bridgehead atoms. The molecule has 2 heteroatoms. The minimum absolute atomic E-state index is 0.227. The second-order valence-corrected chi connectivity index (χ2v) is 1.16. The lowest BCUT2D eigenvalue weighted by Gasteiger charge is -1.84. The van der Waals surface area contributed by atoms with Gasteiger partial charge in [-0.2, -0.15) is 0 Å². The number of rotatable bonds is 2. The standard InChI is InChI=1S/C6H7NO/c1-3-5(4-2)6(7)8/h3H,1-2H2,(H2,7,8). The Kier molecular flexibility index (Phi) is 2.38. The van der Waals surface area contributed by atoms with Crippen LogP contribution in [0.1, 0.15) is 0 Å². The fourth-order valence-corrected chi connectivity index (χ4v) is 0.260. The Hall–Kier alpha value is -1.27. The molecule has 0 saturated carbocycles. The average Bonchev–Trinajstić information content (AvgIpc) is 1.69. The zero-order valence-corrected chi connectivity index (χ0v) is 4.48. The van der Waals surface area contributed by atoms with Crippen LogP contribution in [0.15, 0.2) is 30.5 Å². The molecule has 0 saturated heterocycles. The monoisotopic (exact) mass is 109 g/mol. The molecule has 2 N–H and O–H groups in total. The maximum absolute atomic E-state index is 10.2. The van der Waals surface area contributed by atoms with E-state index in [4.69, 9.17) is 5.73 Å². The van der Waals surface area contributed by atoms with Crippen molar-refractivity contribution in [1.82, 2.24) is 0 Å². The molecular weight excluding hydrogens is 102 g/mol. The minimum Gasteiger partial charge on any atom is -0.365 e. The van der Waals surface area contributed by atoms with Crippen molar-refractivity contribution in [3.63, 3.8) is 0 Å². The number of amides is 1. The van der Waals surface area contributed by atoms with E-state index in [0.29, 0.717) is 0 Å². The Morgan fingerprint density at radius 3 is 2.25 bits per heavy atom. The van der Waals surface area contributed by atoms with Crippen LogP contribution in [0.3, 0.4) is 0 Å². The molecule has 0 aliphatic rings. The molecular formula is C6H7NO. The fourth-order valence-electron chi connectivity index (χ4n) is 0.260. The third-order valence-corrected chi connectivity index (χ3v) is 0.660. The van der Waals surface area contributed by atoms with Gasteiger partial charge in [-0.05, 0) is 6.08 Å². The first kappa shape index (κ1) is 6.73.